The van der Waals surface area contributed by atoms with Crippen LogP contribution in [0.1, 0.15) is 0 Å². The summed E-state index contributed by atoms with van der Waals surface area (Å²) in [4.78, 5) is 4.07. The Kier molecular flexibility index (Phi) is 3.09. The Morgan fingerprint density at radius 1 is 1.35 bits per heavy atom. The minimum absolute atomic E-state index is 0.308. The lowest BCUT2D eigenvalue weighted by molar-refractivity contribution is 0.417. The maximum Gasteiger partial charge on any atom is 0.147 e. The van der Waals surface area contributed by atoms with E-state index in [1.165, 1.54) is 25.4 Å². The van der Waals surface area contributed by atoms with Gasteiger partial charge in [-0.25, -0.2) is 9.37 Å². The molecule has 0 aliphatic heterocycles. The second kappa shape index (κ2) is 4.69. The summed E-state index contributed by atoms with van der Waals surface area (Å²) in [6.07, 6.45) is 1.49. The van der Waals surface area contributed by atoms with Gasteiger partial charge in [0.25, 0.3) is 0 Å². The molecule has 1 heterocycles. The molecule has 0 amide bonds. The van der Waals surface area contributed by atoms with Gasteiger partial charge in [-0.1, -0.05) is 6.07 Å². The van der Waals surface area contributed by atoms with Crippen LogP contribution >= 0.6 is 0 Å². The Morgan fingerprint density at radius 2 is 2.18 bits per heavy atom. The fourth-order valence-corrected chi connectivity index (χ4v) is 1.41. The summed E-state index contributed by atoms with van der Waals surface area (Å²) in [6.45, 7) is 0. The van der Waals surface area contributed by atoms with Crippen molar-refractivity contribution < 1.29 is 9.13 Å². The third-order valence-corrected chi connectivity index (χ3v) is 2.21. The van der Waals surface area contributed by atoms with E-state index in [0.29, 0.717) is 22.9 Å². The quantitative estimate of drug-likeness (QED) is 0.855. The van der Waals surface area contributed by atoms with Gasteiger partial charge in [-0.3, -0.25) is 0 Å². The molecular weight excluding hydrogens is 221 g/mol. The number of halogens is 1. The van der Waals surface area contributed by atoms with Crippen molar-refractivity contribution in [2.75, 3.05) is 18.2 Å². The van der Waals surface area contributed by atoms with Crippen LogP contribution in [0.5, 0.6) is 5.75 Å². The van der Waals surface area contributed by atoms with Crippen molar-refractivity contribution in [3.05, 3.63) is 42.3 Å². The van der Waals surface area contributed by atoms with Gasteiger partial charge in [-0.2, -0.15) is 0 Å². The lowest BCUT2D eigenvalue weighted by Gasteiger charge is -2.08. The molecule has 0 fully saturated rings. The van der Waals surface area contributed by atoms with E-state index in [-0.39, 0.29) is 5.82 Å². The Bertz CT molecular complexity index is 531. The number of nitrogens with one attached hydrogen (secondary N) is 1. The zero-order valence-electron chi connectivity index (χ0n) is 9.27. The number of nitrogens with zero attached hydrogens (tertiary/aromatic N) is 1. The van der Waals surface area contributed by atoms with Crippen LogP contribution in [0, 0.1) is 5.82 Å². The second-order valence-electron chi connectivity index (χ2n) is 3.45. The first-order chi connectivity index (χ1) is 8.19. The molecule has 5 heteroatoms. The number of benzene rings is 1. The molecule has 0 bridgehead atoms. The molecule has 0 saturated carbocycles. The van der Waals surface area contributed by atoms with Crippen LogP contribution in [-0.2, 0) is 0 Å². The molecule has 17 heavy (non-hydrogen) atoms. The van der Waals surface area contributed by atoms with E-state index >= 15 is 0 Å². The molecule has 4 nitrogen and oxygen atoms in total. The van der Waals surface area contributed by atoms with Crippen molar-refractivity contribution in [1.29, 1.82) is 0 Å². The summed E-state index contributed by atoms with van der Waals surface area (Å²) >= 11 is 0. The number of aromatic nitrogens is 1. The SMILES string of the molecule is COc1cc(Nc2cccc(F)c2)ncc1N. The van der Waals surface area contributed by atoms with Gasteiger partial charge in [0.1, 0.15) is 17.4 Å². The van der Waals surface area contributed by atoms with Gasteiger partial charge in [-0.15, -0.1) is 0 Å². The summed E-state index contributed by atoms with van der Waals surface area (Å²) in [6, 6.07) is 7.77. The number of methoxy groups -OCH3 is 1. The smallest absolute Gasteiger partial charge is 0.147 e. The minimum Gasteiger partial charge on any atom is -0.494 e. The van der Waals surface area contributed by atoms with Crippen molar-refractivity contribution in [1.82, 2.24) is 4.98 Å². The first-order valence-electron chi connectivity index (χ1n) is 5.01. The lowest BCUT2D eigenvalue weighted by atomic mass is 10.3. The summed E-state index contributed by atoms with van der Waals surface area (Å²) in [7, 11) is 1.53. The van der Waals surface area contributed by atoms with Gasteiger partial charge < -0.3 is 15.8 Å². The highest BCUT2D eigenvalue weighted by molar-refractivity contribution is 5.62. The van der Waals surface area contributed by atoms with E-state index in [4.69, 9.17) is 10.5 Å². The zero-order valence-corrected chi connectivity index (χ0v) is 9.27. The van der Waals surface area contributed by atoms with Gasteiger partial charge in [0.15, 0.2) is 0 Å². The van der Waals surface area contributed by atoms with E-state index in [2.05, 4.69) is 10.3 Å². The van der Waals surface area contributed by atoms with Crippen molar-refractivity contribution in [2.45, 2.75) is 0 Å². The normalized spacial score (nSPS) is 10.0. The van der Waals surface area contributed by atoms with Crippen LogP contribution in [0.3, 0.4) is 0 Å². The highest BCUT2D eigenvalue weighted by Crippen LogP contribution is 2.24. The number of nitrogens with two attached hydrogens (primary N) is 1. The average Bonchev–Trinajstić information content (AvgIpc) is 2.32. The van der Waals surface area contributed by atoms with Gasteiger partial charge in [0, 0.05) is 11.8 Å². The van der Waals surface area contributed by atoms with Crippen LogP contribution in [-0.4, -0.2) is 12.1 Å². The fourth-order valence-electron chi connectivity index (χ4n) is 1.41. The second-order valence-corrected chi connectivity index (χ2v) is 3.45. The van der Waals surface area contributed by atoms with E-state index in [1.54, 1.807) is 18.2 Å². The van der Waals surface area contributed by atoms with Crippen LogP contribution in [0.25, 0.3) is 0 Å². The molecule has 2 rings (SSSR count). The number of hydrogen-bond donors (Lipinski definition) is 2. The van der Waals surface area contributed by atoms with Crippen LogP contribution in [0.2, 0.25) is 0 Å². The summed E-state index contributed by atoms with van der Waals surface area (Å²) in [5.74, 6) is 0.762. The first kappa shape index (κ1) is 11.2. The van der Waals surface area contributed by atoms with E-state index in [1.807, 2.05) is 0 Å². The van der Waals surface area contributed by atoms with Crippen LogP contribution in [0.4, 0.5) is 21.6 Å². The van der Waals surface area contributed by atoms with Gasteiger partial charge in [0.2, 0.25) is 0 Å². The van der Waals surface area contributed by atoms with E-state index < -0.39 is 0 Å². The number of nitrogen functional groups attached to an aromatic ring is 1. The molecule has 3 N–H and O–H groups in total. The molecule has 0 aliphatic rings. The molecule has 0 radical (unpaired) electrons. The maximum atomic E-state index is 13.0. The van der Waals surface area contributed by atoms with Crippen LogP contribution < -0.4 is 15.8 Å². The van der Waals surface area contributed by atoms with Crippen molar-refractivity contribution in [2.24, 2.45) is 0 Å². The molecule has 1 aromatic carbocycles. The Hall–Kier alpha value is -2.30. The van der Waals surface area contributed by atoms with Crippen molar-refractivity contribution in [3.8, 4) is 5.75 Å². The molecule has 0 saturated heterocycles. The fraction of sp³-hybridized carbons (Fsp3) is 0.0833. The van der Waals surface area contributed by atoms with E-state index in [0.717, 1.165) is 0 Å². The molecule has 1 aromatic heterocycles. The molecule has 88 valence electrons. The average molecular weight is 233 g/mol. The number of hydrogen-bond acceptors (Lipinski definition) is 4. The predicted octanol–water partition coefficient (Wildman–Crippen LogP) is 2.56. The minimum atomic E-state index is -0.308. The maximum absolute atomic E-state index is 13.0. The highest BCUT2D eigenvalue weighted by Gasteiger charge is 2.03. The number of pyridine rings is 1. The molecule has 0 unspecified atom stereocenters. The molecular formula is C12H12FN3O. The summed E-state index contributed by atoms with van der Waals surface area (Å²) in [5, 5.41) is 2.96. The summed E-state index contributed by atoms with van der Waals surface area (Å²) in [5.41, 5.74) is 6.71. The molecule has 0 aliphatic carbocycles. The lowest BCUT2D eigenvalue weighted by Crippen LogP contribution is -1.98. The van der Waals surface area contributed by atoms with Crippen molar-refractivity contribution in [3.63, 3.8) is 0 Å². The third-order valence-electron chi connectivity index (χ3n) is 2.21. The molecule has 2 aromatic rings. The highest BCUT2D eigenvalue weighted by atomic mass is 19.1. The largest absolute Gasteiger partial charge is 0.494 e. The number of anilines is 3. The predicted molar refractivity (Wildman–Crippen MR) is 64.9 cm³/mol. The van der Waals surface area contributed by atoms with Crippen LogP contribution in [0.15, 0.2) is 36.5 Å². The standard InChI is InChI=1S/C12H12FN3O/c1-17-11-6-12(15-7-10(11)14)16-9-4-2-3-8(13)5-9/h2-7H,14H2,1H3,(H,15,16). The third kappa shape index (κ3) is 2.63. The topological polar surface area (TPSA) is 60.2 Å². The Balaban J connectivity index is 2.24. The Morgan fingerprint density at radius 3 is 2.88 bits per heavy atom. The van der Waals surface area contributed by atoms with E-state index in [9.17, 15) is 4.39 Å². The number of rotatable bonds is 3. The van der Waals surface area contributed by atoms with Gasteiger partial charge in [0.05, 0.1) is 19.0 Å². The zero-order chi connectivity index (χ0) is 12.3. The molecule has 0 atom stereocenters. The van der Waals surface area contributed by atoms with Gasteiger partial charge >= 0.3 is 0 Å². The number of ether oxygens (including phenoxy) is 1. The van der Waals surface area contributed by atoms with Crippen molar-refractivity contribution >= 4 is 17.2 Å². The monoisotopic (exact) mass is 233 g/mol. The van der Waals surface area contributed by atoms with Gasteiger partial charge in [-0.05, 0) is 18.2 Å². The first-order valence-corrected chi connectivity index (χ1v) is 5.01. The molecule has 0 spiro atoms. The Labute approximate surface area is 98.2 Å². The summed E-state index contributed by atoms with van der Waals surface area (Å²) < 4.78 is 18.0.